The Morgan fingerprint density at radius 1 is 1.36 bits per heavy atom. The summed E-state index contributed by atoms with van der Waals surface area (Å²) in [6.45, 7) is 5.51. The zero-order valence-electron chi connectivity index (χ0n) is 12.9. The molecule has 1 aliphatic heterocycles. The van der Waals surface area contributed by atoms with Gasteiger partial charge in [0.1, 0.15) is 17.0 Å². The molecule has 0 atom stereocenters. The van der Waals surface area contributed by atoms with Gasteiger partial charge in [-0.3, -0.25) is 4.79 Å². The van der Waals surface area contributed by atoms with E-state index in [4.69, 9.17) is 0 Å². The minimum atomic E-state index is 0.0825. The maximum Gasteiger partial charge on any atom is 0.226 e. The number of nitrogens with zero attached hydrogens (tertiary/aromatic N) is 3. The number of nitrogens with one attached hydrogen (secondary N) is 1. The molecule has 1 N–H and O–H groups in total. The smallest absolute Gasteiger partial charge is 0.226 e. The first-order valence-electron chi connectivity index (χ1n) is 7.94. The molecule has 2 aromatic heterocycles. The van der Waals surface area contributed by atoms with E-state index in [9.17, 15) is 4.79 Å². The number of thiophene rings is 1. The monoisotopic (exact) mass is 316 g/mol. The van der Waals surface area contributed by atoms with E-state index in [0.29, 0.717) is 0 Å². The van der Waals surface area contributed by atoms with E-state index < -0.39 is 0 Å². The molecule has 2 aromatic rings. The van der Waals surface area contributed by atoms with E-state index in [-0.39, 0.29) is 17.9 Å². The van der Waals surface area contributed by atoms with Crippen LogP contribution in [-0.4, -0.2) is 35.0 Å². The third-order valence-electron chi connectivity index (χ3n) is 4.46. The number of anilines is 1. The minimum absolute atomic E-state index is 0.0825. The highest BCUT2D eigenvalue weighted by atomic mass is 32.1. The lowest BCUT2D eigenvalue weighted by Gasteiger charge is -2.39. The highest BCUT2D eigenvalue weighted by molar-refractivity contribution is 7.19. The quantitative estimate of drug-likeness (QED) is 0.942. The van der Waals surface area contributed by atoms with Crippen molar-refractivity contribution in [2.24, 2.45) is 5.92 Å². The van der Waals surface area contributed by atoms with Crippen molar-refractivity contribution in [1.82, 2.24) is 15.3 Å². The van der Waals surface area contributed by atoms with Crippen molar-refractivity contribution in [2.75, 3.05) is 18.0 Å². The fraction of sp³-hybridized carbons (Fsp3) is 0.562. The van der Waals surface area contributed by atoms with Gasteiger partial charge >= 0.3 is 0 Å². The van der Waals surface area contributed by atoms with Crippen LogP contribution in [0.5, 0.6) is 0 Å². The van der Waals surface area contributed by atoms with Gasteiger partial charge in [0.25, 0.3) is 0 Å². The van der Waals surface area contributed by atoms with E-state index >= 15 is 0 Å². The molecule has 5 nitrogen and oxygen atoms in total. The molecule has 3 heterocycles. The average molecular weight is 316 g/mol. The van der Waals surface area contributed by atoms with Crippen molar-refractivity contribution in [1.29, 1.82) is 0 Å². The van der Waals surface area contributed by atoms with Crippen LogP contribution in [0, 0.1) is 5.92 Å². The van der Waals surface area contributed by atoms with E-state index in [1.807, 2.05) is 25.2 Å². The number of carbonyl (C=O) groups excluding carboxylic acids is 1. The van der Waals surface area contributed by atoms with Gasteiger partial charge in [0.05, 0.1) is 11.3 Å². The zero-order chi connectivity index (χ0) is 15.3. The lowest BCUT2D eigenvalue weighted by atomic mass is 9.98. The Balaban J connectivity index is 1.58. The molecular weight excluding hydrogens is 296 g/mol. The molecule has 0 spiro atoms. The van der Waals surface area contributed by atoms with Gasteiger partial charge in [0.15, 0.2) is 0 Å². The summed E-state index contributed by atoms with van der Waals surface area (Å²) in [6.07, 6.45) is 5.21. The molecule has 4 rings (SSSR count). The first-order valence-corrected chi connectivity index (χ1v) is 8.75. The number of carbonyl (C=O) groups is 1. The van der Waals surface area contributed by atoms with E-state index in [1.165, 1.54) is 28.7 Å². The third kappa shape index (κ3) is 2.17. The number of fused-ring (bicyclic) bond motifs is 3. The number of aryl methyl sites for hydroxylation is 2. The molecule has 1 amide bonds. The Bertz CT molecular complexity index is 733. The minimum Gasteiger partial charge on any atom is -0.354 e. The number of amides is 1. The van der Waals surface area contributed by atoms with Gasteiger partial charge in [-0.2, -0.15) is 0 Å². The van der Waals surface area contributed by atoms with Gasteiger partial charge in [-0.1, -0.05) is 0 Å². The standard InChI is InChI=1S/C16H20N4OS/c1-9(2)19-15(21)10-6-20(7-10)14-13-11-4-3-5-12(11)22-16(13)18-8-17-14/h8-10H,3-7H2,1-2H3,(H,19,21). The molecule has 0 saturated carbocycles. The lowest BCUT2D eigenvalue weighted by Crippen LogP contribution is -2.55. The average Bonchev–Trinajstić information content (AvgIpc) is 2.95. The molecule has 1 aliphatic carbocycles. The third-order valence-corrected chi connectivity index (χ3v) is 5.66. The van der Waals surface area contributed by atoms with Gasteiger partial charge in [-0.15, -0.1) is 11.3 Å². The predicted molar refractivity (Wildman–Crippen MR) is 88.4 cm³/mol. The Morgan fingerprint density at radius 2 is 2.18 bits per heavy atom. The zero-order valence-corrected chi connectivity index (χ0v) is 13.7. The van der Waals surface area contributed by atoms with Crippen LogP contribution in [0.1, 0.15) is 30.7 Å². The van der Waals surface area contributed by atoms with Crippen LogP contribution in [0.15, 0.2) is 6.33 Å². The second-order valence-electron chi connectivity index (χ2n) is 6.50. The van der Waals surface area contributed by atoms with Gasteiger partial charge < -0.3 is 10.2 Å². The van der Waals surface area contributed by atoms with Gasteiger partial charge in [-0.05, 0) is 38.7 Å². The van der Waals surface area contributed by atoms with Gasteiger partial charge in [-0.25, -0.2) is 9.97 Å². The summed E-state index contributed by atoms with van der Waals surface area (Å²) in [5.41, 5.74) is 1.45. The maximum atomic E-state index is 12.0. The number of aromatic nitrogens is 2. The van der Waals surface area contributed by atoms with E-state index in [2.05, 4.69) is 20.2 Å². The normalized spacial score (nSPS) is 17.9. The summed E-state index contributed by atoms with van der Waals surface area (Å²) in [5, 5.41) is 4.23. The van der Waals surface area contributed by atoms with Crippen molar-refractivity contribution >= 4 is 33.3 Å². The molecule has 1 fully saturated rings. The summed E-state index contributed by atoms with van der Waals surface area (Å²) in [7, 11) is 0. The Hall–Kier alpha value is -1.69. The van der Waals surface area contributed by atoms with E-state index in [0.717, 1.165) is 30.2 Å². The summed E-state index contributed by atoms with van der Waals surface area (Å²) < 4.78 is 0. The number of hydrogen-bond donors (Lipinski definition) is 1. The molecular formula is C16H20N4OS. The van der Waals surface area contributed by atoms with Crippen LogP contribution in [0.4, 0.5) is 5.82 Å². The molecule has 6 heteroatoms. The van der Waals surface area contributed by atoms with Crippen molar-refractivity contribution < 1.29 is 4.79 Å². The van der Waals surface area contributed by atoms with Crippen molar-refractivity contribution in [3.63, 3.8) is 0 Å². The fourth-order valence-corrected chi connectivity index (χ4v) is 4.59. The van der Waals surface area contributed by atoms with Gasteiger partial charge in [0, 0.05) is 24.0 Å². The first kappa shape index (κ1) is 13.9. The second-order valence-corrected chi connectivity index (χ2v) is 7.58. The molecule has 0 radical (unpaired) electrons. The maximum absolute atomic E-state index is 12.0. The summed E-state index contributed by atoms with van der Waals surface area (Å²) >= 11 is 1.81. The Kier molecular flexibility index (Phi) is 3.29. The van der Waals surface area contributed by atoms with Crippen LogP contribution in [0.2, 0.25) is 0 Å². The SMILES string of the molecule is CC(C)NC(=O)C1CN(c2ncnc3sc4c(c23)CCC4)C1. The molecule has 1 saturated heterocycles. The first-order chi connectivity index (χ1) is 10.6. The molecule has 0 unspecified atom stereocenters. The highest BCUT2D eigenvalue weighted by Gasteiger charge is 2.35. The topological polar surface area (TPSA) is 58.1 Å². The molecule has 0 bridgehead atoms. The van der Waals surface area contributed by atoms with E-state index in [1.54, 1.807) is 6.33 Å². The van der Waals surface area contributed by atoms with Crippen LogP contribution in [0.25, 0.3) is 10.2 Å². The Labute approximate surface area is 133 Å². The molecule has 0 aromatic carbocycles. The highest BCUT2D eigenvalue weighted by Crippen LogP contribution is 2.41. The molecule has 22 heavy (non-hydrogen) atoms. The fourth-order valence-electron chi connectivity index (χ4n) is 3.37. The van der Waals surface area contributed by atoms with Gasteiger partial charge in [0.2, 0.25) is 5.91 Å². The molecule has 116 valence electrons. The van der Waals surface area contributed by atoms with Crippen molar-refractivity contribution in [2.45, 2.75) is 39.2 Å². The Morgan fingerprint density at radius 3 is 2.95 bits per heavy atom. The predicted octanol–water partition coefficient (Wildman–Crippen LogP) is 2.14. The summed E-state index contributed by atoms with van der Waals surface area (Å²) in [4.78, 5) is 25.8. The second kappa shape index (κ2) is 5.19. The van der Waals surface area contributed by atoms with Crippen LogP contribution in [-0.2, 0) is 17.6 Å². The van der Waals surface area contributed by atoms with Crippen LogP contribution < -0.4 is 10.2 Å². The number of hydrogen-bond acceptors (Lipinski definition) is 5. The molecule has 2 aliphatic rings. The van der Waals surface area contributed by atoms with Crippen molar-refractivity contribution in [3.8, 4) is 0 Å². The van der Waals surface area contributed by atoms with Crippen LogP contribution in [0.3, 0.4) is 0 Å². The van der Waals surface area contributed by atoms with Crippen LogP contribution >= 0.6 is 11.3 Å². The number of rotatable bonds is 3. The lowest BCUT2D eigenvalue weighted by molar-refractivity contribution is -0.126. The van der Waals surface area contributed by atoms with Crippen molar-refractivity contribution in [3.05, 3.63) is 16.8 Å². The summed E-state index contributed by atoms with van der Waals surface area (Å²) in [6, 6.07) is 0.201. The largest absolute Gasteiger partial charge is 0.354 e. The summed E-state index contributed by atoms with van der Waals surface area (Å²) in [5.74, 6) is 1.27.